The van der Waals surface area contributed by atoms with Gasteiger partial charge in [-0.25, -0.2) is 0 Å². The molecule has 2 nitrogen and oxygen atoms in total. The standard InChI is InChI=1S/C16H14Cl2O2/c17-14-7-4-11(9-15(14)18)16(19)10-2-1-3-13(8-10)20-12-5-6-12/h1-4,7-9,12,16,19H,5-6H2. The lowest BCUT2D eigenvalue weighted by Crippen LogP contribution is -2.01. The fraction of sp³-hybridized carbons (Fsp3) is 0.250. The van der Waals surface area contributed by atoms with Crippen LogP contribution in [0, 0.1) is 0 Å². The smallest absolute Gasteiger partial charge is 0.120 e. The van der Waals surface area contributed by atoms with Crippen LogP contribution in [0.3, 0.4) is 0 Å². The molecule has 0 aromatic heterocycles. The van der Waals surface area contributed by atoms with Crippen LogP contribution in [-0.4, -0.2) is 11.2 Å². The van der Waals surface area contributed by atoms with Crippen molar-refractivity contribution >= 4 is 23.2 Å². The van der Waals surface area contributed by atoms with Crippen molar-refractivity contribution in [3.63, 3.8) is 0 Å². The van der Waals surface area contributed by atoms with Crippen molar-refractivity contribution in [2.45, 2.75) is 25.0 Å². The molecular formula is C16H14Cl2O2. The Hall–Kier alpha value is -1.22. The van der Waals surface area contributed by atoms with Gasteiger partial charge >= 0.3 is 0 Å². The van der Waals surface area contributed by atoms with Gasteiger partial charge in [-0.3, -0.25) is 0 Å². The molecule has 2 aromatic carbocycles. The van der Waals surface area contributed by atoms with E-state index in [4.69, 9.17) is 27.9 Å². The highest BCUT2D eigenvalue weighted by Crippen LogP contribution is 2.32. The number of halogens is 2. The third-order valence-electron chi connectivity index (χ3n) is 3.26. The molecule has 3 rings (SSSR count). The van der Waals surface area contributed by atoms with Gasteiger partial charge in [-0.05, 0) is 48.2 Å². The normalized spacial score (nSPS) is 15.9. The predicted octanol–water partition coefficient (Wildman–Crippen LogP) is 4.62. The molecular weight excluding hydrogens is 295 g/mol. The molecule has 1 unspecified atom stereocenters. The fourth-order valence-electron chi connectivity index (χ4n) is 2.01. The van der Waals surface area contributed by atoms with E-state index >= 15 is 0 Å². The van der Waals surface area contributed by atoms with Crippen LogP contribution in [0.15, 0.2) is 42.5 Å². The first kappa shape index (κ1) is 13.7. The molecule has 4 heteroatoms. The second-order valence-corrected chi connectivity index (χ2v) is 5.78. The van der Waals surface area contributed by atoms with Crippen molar-refractivity contribution in [2.24, 2.45) is 0 Å². The van der Waals surface area contributed by atoms with Crippen LogP contribution in [0.25, 0.3) is 0 Å². The molecule has 1 aliphatic carbocycles. The Balaban J connectivity index is 1.84. The third-order valence-corrected chi connectivity index (χ3v) is 4.00. The first-order valence-electron chi connectivity index (χ1n) is 6.53. The average molecular weight is 309 g/mol. The number of rotatable bonds is 4. The van der Waals surface area contributed by atoms with E-state index in [-0.39, 0.29) is 0 Å². The number of hydrogen-bond acceptors (Lipinski definition) is 2. The lowest BCUT2D eigenvalue weighted by molar-refractivity contribution is 0.219. The minimum atomic E-state index is -0.743. The van der Waals surface area contributed by atoms with Crippen LogP contribution in [0.1, 0.15) is 30.1 Å². The van der Waals surface area contributed by atoms with Crippen LogP contribution < -0.4 is 4.74 Å². The molecule has 2 aromatic rings. The van der Waals surface area contributed by atoms with Crippen molar-refractivity contribution in [3.8, 4) is 5.75 Å². The van der Waals surface area contributed by atoms with Gasteiger partial charge in [0, 0.05) is 0 Å². The van der Waals surface area contributed by atoms with Crippen molar-refractivity contribution in [2.75, 3.05) is 0 Å². The van der Waals surface area contributed by atoms with E-state index in [2.05, 4.69) is 0 Å². The van der Waals surface area contributed by atoms with Gasteiger partial charge in [-0.1, -0.05) is 41.4 Å². The second-order valence-electron chi connectivity index (χ2n) is 4.97. The Labute approximate surface area is 127 Å². The number of aliphatic hydroxyl groups excluding tert-OH is 1. The number of benzene rings is 2. The summed E-state index contributed by atoms with van der Waals surface area (Å²) >= 11 is 11.9. The van der Waals surface area contributed by atoms with E-state index in [1.54, 1.807) is 18.2 Å². The Morgan fingerprint density at radius 2 is 1.75 bits per heavy atom. The maximum absolute atomic E-state index is 10.4. The van der Waals surface area contributed by atoms with E-state index < -0.39 is 6.10 Å². The van der Waals surface area contributed by atoms with E-state index in [0.717, 1.165) is 24.2 Å². The zero-order valence-corrected chi connectivity index (χ0v) is 12.2. The summed E-state index contributed by atoms with van der Waals surface area (Å²) in [7, 11) is 0. The number of hydrogen-bond donors (Lipinski definition) is 1. The van der Waals surface area contributed by atoms with Crippen LogP contribution in [0.4, 0.5) is 0 Å². The molecule has 0 heterocycles. The molecule has 0 radical (unpaired) electrons. The molecule has 0 saturated heterocycles. The van der Waals surface area contributed by atoms with Gasteiger partial charge in [-0.2, -0.15) is 0 Å². The van der Waals surface area contributed by atoms with Crippen molar-refractivity contribution in [3.05, 3.63) is 63.6 Å². The zero-order chi connectivity index (χ0) is 14.1. The molecule has 0 bridgehead atoms. The summed E-state index contributed by atoms with van der Waals surface area (Å²) in [6, 6.07) is 12.7. The number of aliphatic hydroxyl groups is 1. The molecule has 1 aliphatic rings. The zero-order valence-electron chi connectivity index (χ0n) is 10.7. The molecule has 1 saturated carbocycles. The predicted molar refractivity (Wildman–Crippen MR) is 80.6 cm³/mol. The van der Waals surface area contributed by atoms with Gasteiger partial charge in [0.05, 0.1) is 16.1 Å². The Bertz CT molecular complexity index is 624. The van der Waals surface area contributed by atoms with E-state index in [1.807, 2.05) is 24.3 Å². The first-order valence-corrected chi connectivity index (χ1v) is 7.29. The second kappa shape index (κ2) is 5.65. The van der Waals surface area contributed by atoms with Gasteiger partial charge in [0.25, 0.3) is 0 Å². The SMILES string of the molecule is OC(c1cccc(OC2CC2)c1)c1ccc(Cl)c(Cl)c1. The lowest BCUT2D eigenvalue weighted by atomic mass is 10.0. The summed E-state index contributed by atoms with van der Waals surface area (Å²) in [5.41, 5.74) is 1.49. The monoisotopic (exact) mass is 308 g/mol. The summed E-state index contributed by atoms with van der Waals surface area (Å²) < 4.78 is 5.74. The van der Waals surface area contributed by atoms with Gasteiger partial charge in [0.15, 0.2) is 0 Å². The largest absolute Gasteiger partial charge is 0.490 e. The summed E-state index contributed by atoms with van der Waals surface area (Å²) in [6.07, 6.45) is 1.82. The third kappa shape index (κ3) is 3.09. The molecule has 0 spiro atoms. The lowest BCUT2D eigenvalue weighted by Gasteiger charge is -2.14. The van der Waals surface area contributed by atoms with Gasteiger partial charge in [-0.15, -0.1) is 0 Å². The van der Waals surface area contributed by atoms with Crippen LogP contribution in [0.5, 0.6) is 5.75 Å². The van der Waals surface area contributed by atoms with E-state index in [0.29, 0.717) is 21.7 Å². The highest BCUT2D eigenvalue weighted by atomic mass is 35.5. The average Bonchev–Trinajstić information content (AvgIpc) is 3.25. The van der Waals surface area contributed by atoms with Crippen molar-refractivity contribution < 1.29 is 9.84 Å². The summed E-state index contributed by atoms with van der Waals surface area (Å²) in [5.74, 6) is 0.795. The Morgan fingerprint density at radius 3 is 2.45 bits per heavy atom. The Morgan fingerprint density at radius 1 is 1.00 bits per heavy atom. The van der Waals surface area contributed by atoms with Gasteiger partial charge in [0.2, 0.25) is 0 Å². The molecule has 1 fully saturated rings. The van der Waals surface area contributed by atoms with Crippen molar-refractivity contribution in [1.29, 1.82) is 0 Å². The summed E-state index contributed by atoms with van der Waals surface area (Å²) in [4.78, 5) is 0. The fourth-order valence-corrected chi connectivity index (χ4v) is 2.32. The molecule has 20 heavy (non-hydrogen) atoms. The quantitative estimate of drug-likeness (QED) is 0.893. The highest BCUT2D eigenvalue weighted by Gasteiger charge is 2.23. The minimum Gasteiger partial charge on any atom is -0.490 e. The number of ether oxygens (including phenoxy) is 1. The molecule has 1 atom stereocenters. The Kier molecular flexibility index (Phi) is 3.88. The van der Waals surface area contributed by atoms with Crippen LogP contribution in [-0.2, 0) is 0 Å². The van der Waals surface area contributed by atoms with Crippen LogP contribution >= 0.6 is 23.2 Å². The minimum absolute atomic E-state index is 0.340. The van der Waals surface area contributed by atoms with E-state index in [1.165, 1.54) is 0 Å². The van der Waals surface area contributed by atoms with Crippen LogP contribution in [0.2, 0.25) is 10.0 Å². The van der Waals surface area contributed by atoms with Gasteiger partial charge in [0.1, 0.15) is 11.9 Å². The molecule has 0 aliphatic heterocycles. The maximum atomic E-state index is 10.4. The topological polar surface area (TPSA) is 29.5 Å². The van der Waals surface area contributed by atoms with Crippen molar-refractivity contribution in [1.82, 2.24) is 0 Å². The first-order chi connectivity index (χ1) is 9.63. The highest BCUT2D eigenvalue weighted by molar-refractivity contribution is 6.42. The molecule has 104 valence electrons. The summed E-state index contributed by atoms with van der Waals surface area (Å²) in [6.45, 7) is 0. The maximum Gasteiger partial charge on any atom is 0.120 e. The summed E-state index contributed by atoms with van der Waals surface area (Å²) in [5, 5.41) is 11.3. The van der Waals surface area contributed by atoms with E-state index in [9.17, 15) is 5.11 Å². The molecule has 1 N–H and O–H groups in total. The molecule has 0 amide bonds. The van der Waals surface area contributed by atoms with Gasteiger partial charge < -0.3 is 9.84 Å².